The number of hydrogen-bond acceptors (Lipinski definition) is 3. The molecule has 0 spiro atoms. The Morgan fingerprint density at radius 1 is 1.25 bits per heavy atom. The topological polar surface area (TPSA) is 69.6 Å². The first-order valence-electron chi connectivity index (χ1n) is 7.89. The van der Waals surface area contributed by atoms with E-state index in [1.54, 1.807) is 0 Å². The number of carbonyl (C=O) groups excluding carboxylic acids is 2. The lowest BCUT2D eigenvalue weighted by molar-refractivity contribution is -0.129. The summed E-state index contributed by atoms with van der Waals surface area (Å²) in [4.78, 5) is 26.0. The molecule has 2 saturated carbocycles. The van der Waals surface area contributed by atoms with Crippen molar-refractivity contribution in [3.63, 3.8) is 0 Å². The van der Waals surface area contributed by atoms with Crippen molar-refractivity contribution in [3.8, 4) is 0 Å². The minimum Gasteiger partial charge on any atom is -0.391 e. The van der Waals surface area contributed by atoms with Crippen LogP contribution in [0, 0.1) is 11.8 Å². The number of nitrogens with one attached hydrogen (secondary N) is 1. The molecule has 20 heavy (non-hydrogen) atoms. The molecule has 0 radical (unpaired) electrons. The molecule has 3 aliphatic rings. The van der Waals surface area contributed by atoms with Crippen LogP contribution in [-0.2, 0) is 9.59 Å². The van der Waals surface area contributed by atoms with Crippen LogP contribution in [0.3, 0.4) is 0 Å². The minimum absolute atomic E-state index is 0.0532. The number of nitrogens with zero attached hydrogens (tertiary/aromatic N) is 1. The van der Waals surface area contributed by atoms with Crippen LogP contribution in [0.15, 0.2) is 0 Å². The molecular weight excluding hydrogens is 256 g/mol. The second-order valence-electron chi connectivity index (χ2n) is 6.61. The molecule has 1 saturated heterocycles. The molecule has 0 aromatic rings. The first-order valence-corrected chi connectivity index (χ1v) is 7.89. The zero-order chi connectivity index (χ0) is 14.1. The van der Waals surface area contributed by atoms with E-state index >= 15 is 0 Å². The molecule has 3 fully saturated rings. The van der Waals surface area contributed by atoms with Crippen molar-refractivity contribution < 1.29 is 14.7 Å². The lowest BCUT2D eigenvalue weighted by atomic mass is 9.92. The summed E-state index contributed by atoms with van der Waals surface area (Å²) < 4.78 is 0. The quantitative estimate of drug-likeness (QED) is 0.795. The maximum atomic E-state index is 12.3. The second kappa shape index (κ2) is 5.72. The van der Waals surface area contributed by atoms with E-state index in [-0.39, 0.29) is 23.8 Å². The van der Waals surface area contributed by atoms with Gasteiger partial charge in [-0.3, -0.25) is 9.59 Å². The van der Waals surface area contributed by atoms with Gasteiger partial charge in [0.2, 0.25) is 11.8 Å². The van der Waals surface area contributed by atoms with Crippen molar-refractivity contribution in [3.05, 3.63) is 0 Å². The van der Waals surface area contributed by atoms with Crippen molar-refractivity contribution in [1.82, 2.24) is 10.2 Å². The van der Waals surface area contributed by atoms with E-state index in [1.807, 2.05) is 4.90 Å². The fraction of sp³-hybridized carbons (Fsp3) is 0.867. The van der Waals surface area contributed by atoms with Crippen LogP contribution in [0.5, 0.6) is 0 Å². The smallest absolute Gasteiger partial charge is 0.225 e. The molecule has 2 amide bonds. The van der Waals surface area contributed by atoms with Crippen LogP contribution in [-0.4, -0.2) is 47.1 Å². The van der Waals surface area contributed by atoms with Gasteiger partial charge in [-0.2, -0.15) is 0 Å². The maximum Gasteiger partial charge on any atom is 0.225 e. The van der Waals surface area contributed by atoms with E-state index in [9.17, 15) is 14.7 Å². The van der Waals surface area contributed by atoms with Crippen molar-refractivity contribution in [2.75, 3.05) is 13.1 Å². The minimum atomic E-state index is -0.424. The third-order valence-electron chi connectivity index (χ3n) is 4.82. The van der Waals surface area contributed by atoms with Gasteiger partial charge in [0.05, 0.1) is 18.1 Å². The molecule has 2 N–H and O–H groups in total. The van der Waals surface area contributed by atoms with Gasteiger partial charge in [0.15, 0.2) is 0 Å². The summed E-state index contributed by atoms with van der Waals surface area (Å²) in [7, 11) is 0. The number of aliphatic hydroxyl groups excluding tert-OH is 1. The highest BCUT2D eigenvalue weighted by atomic mass is 16.3. The molecule has 1 aliphatic heterocycles. The van der Waals surface area contributed by atoms with Gasteiger partial charge in [0.25, 0.3) is 0 Å². The van der Waals surface area contributed by atoms with Crippen molar-refractivity contribution in [2.24, 2.45) is 11.8 Å². The number of likely N-dealkylation sites (tertiary alicyclic amines) is 1. The Labute approximate surface area is 119 Å². The number of hydrogen-bond donors (Lipinski definition) is 2. The zero-order valence-electron chi connectivity index (χ0n) is 11.9. The lowest BCUT2D eigenvalue weighted by Crippen LogP contribution is -2.47. The first-order chi connectivity index (χ1) is 9.63. The normalized spacial score (nSPS) is 34.4. The molecule has 0 aromatic heterocycles. The zero-order valence-corrected chi connectivity index (χ0v) is 11.9. The number of carbonyl (C=O) groups is 2. The number of amides is 2. The van der Waals surface area contributed by atoms with E-state index in [2.05, 4.69) is 5.32 Å². The second-order valence-corrected chi connectivity index (χ2v) is 6.61. The maximum absolute atomic E-state index is 12.3. The van der Waals surface area contributed by atoms with Crippen molar-refractivity contribution in [2.45, 2.75) is 57.1 Å². The summed E-state index contributed by atoms with van der Waals surface area (Å²) in [5, 5.41) is 12.9. The van der Waals surface area contributed by atoms with Gasteiger partial charge in [-0.15, -0.1) is 0 Å². The van der Waals surface area contributed by atoms with Gasteiger partial charge in [-0.1, -0.05) is 12.8 Å². The van der Waals surface area contributed by atoms with E-state index in [4.69, 9.17) is 0 Å². The SMILES string of the molecule is O=C(N[C@@H]1CCCC[C@H]1O)C1CC(=O)N(CC2CC2)C1. The molecule has 3 rings (SSSR count). The van der Waals surface area contributed by atoms with Crippen LogP contribution in [0.1, 0.15) is 44.9 Å². The van der Waals surface area contributed by atoms with Crippen LogP contribution in [0.2, 0.25) is 0 Å². The van der Waals surface area contributed by atoms with Crippen LogP contribution >= 0.6 is 0 Å². The van der Waals surface area contributed by atoms with Crippen LogP contribution in [0.25, 0.3) is 0 Å². The Balaban J connectivity index is 1.50. The van der Waals surface area contributed by atoms with Gasteiger partial charge in [-0.05, 0) is 31.6 Å². The Bertz CT molecular complexity index is 395. The predicted molar refractivity (Wildman–Crippen MR) is 73.8 cm³/mol. The third kappa shape index (κ3) is 3.14. The Morgan fingerprint density at radius 2 is 2.00 bits per heavy atom. The highest BCUT2D eigenvalue weighted by Gasteiger charge is 2.38. The van der Waals surface area contributed by atoms with Gasteiger partial charge in [-0.25, -0.2) is 0 Å². The summed E-state index contributed by atoms with van der Waals surface area (Å²) in [6.45, 7) is 1.39. The summed E-state index contributed by atoms with van der Waals surface area (Å²) >= 11 is 0. The van der Waals surface area contributed by atoms with Gasteiger partial charge in [0.1, 0.15) is 0 Å². The summed E-state index contributed by atoms with van der Waals surface area (Å²) in [6, 6.07) is -0.121. The van der Waals surface area contributed by atoms with Crippen LogP contribution < -0.4 is 5.32 Å². The summed E-state index contributed by atoms with van der Waals surface area (Å²) in [5.41, 5.74) is 0. The average molecular weight is 280 g/mol. The predicted octanol–water partition coefficient (Wildman–Crippen LogP) is 0.665. The lowest BCUT2D eigenvalue weighted by Gasteiger charge is -2.29. The average Bonchev–Trinajstić information content (AvgIpc) is 3.16. The molecular formula is C15H24N2O3. The Morgan fingerprint density at radius 3 is 2.70 bits per heavy atom. The van der Waals surface area contributed by atoms with E-state index in [1.165, 1.54) is 12.8 Å². The van der Waals surface area contributed by atoms with E-state index in [0.29, 0.717) is 18.9 Å². The monoisotopic (exact) mass is 280 g/mol. The summed E-state index contributed by atoms with van der Waals surface area (Å²) in [5.74, 6) is 0.500. The van der Waals surface area contributed by atoms with E-state index in [0.717, 1.165) is 32.2 Å². The largest absolute Gasteiger partial charge is 0.391 e. The molecule has 2 aliphatic carbocycles. The third-order valence-corrected chi connectivity index (χ3v) is 4.82. The fourth-order valence-corrected chi connectivity index (χ4v) is 3.32. The number of aliphatic hydroxyl groups is 1. The summed E-state index contributed by atoms with van der Waals surface area (Å²) in [6.07, 6.45) is 6.05. The molecule has 5 nitrogen and oxygen atoms in total. The van der Waals surface area contributed by atoms with Gasteiger partial charge in [0, 0.05) is 19.5 Å². The standard InChI is InChI=1S/C15H24N2O3/c18-13-4-2-1-3-12(13)16-15(20)11-7-14(19)17(9-11)8-10-5-6-10/h10-13,18H,1-9H2,(H,16,20)/t11?,12-,13-/m1/s1. The van der Waals surface area contributed by atoms with Crippen molar-refractivity contribution in [1.29, 1.82) is 0 Å². The highest BCUT2D eigenvalue weighted by Crippen LogP contribution is 2.32. The molecule has 1 heterocycles. The van der Waals surface area contributed by atoms with E-state index < -0.39 is 6.10 Å². The molecule has 5 heteroatoms. The van der Waals surface area contributed by atoms with Crippen molar-refractivity contribution >= 4 is 11.8 Å². The molecule has 0 bridgehead atoms. The Hall–Kier alpha value is -1.10. The fourth-order valence-electron chi connectivity index (χ4n) is 3.32. The van der Waals surface area contributed by atoms with Crippen LogP contribution in [0.4, 0.5) is 0 Å². The van der Waals surface area contributed by atoms with Gasteiger partial charge >= 0.3 is 0 Å². The Kier molecular flexibility index (Phi) is 3.96. The molecule has 0 aromatic carbocycles. The highest BCUT2D eigenvalue weighted by molar-refractivity contribution is 5.89. The first kappa shape index (κ1) is 13.9. The number of rotatable bonds is 4. The molecule has 112 valence electrons. The molecule has 3 atom stereocenters. The molecule has 1 unspecified atom stereocenters. The van der Waals surface area contributed by atoms with Gasteiger partial charge < -0.3 is 15.3 Å².